The number of hydrogen-bond acceptors (Lipinski definition) is 4. The van der Waals surface area contributed by atoms with E-state index in [1.54, 1.807) is 12.1 Å². The van der Waals surface area contributed by atoms with Gasteiger partial charge in [-0.1, -0.05) is 0 Å². The number of halogens is 1. The lowest BCUT2D eigenvalue weighted by Gasteiger charge is -2.16. The Morgan fingerprint density at radius 3 is 2.44 bits per heavy atom. The second kappa shape index (κ2) is 5.35. The number of ether oxygens (including phenoxy) is 2. The summed E-state index contributed by atoms with van der Waals surface area (Å²) in [7, 11) is 2.81. The summed E-state index contributed by atoms with van der Waals surface area (Å²) >= 11 is 1.99. The minimum absolute atomic E-state index is 0.129. The minimum atomic E-state index is -1.67. The summed E-state index contributed by atoms with van der Waals surface area (Å²) in [5.74, 6) is -0.749. The molecule has 88 valence electrons. The highest BCUT2D eigenvalue weighted by Crippen LogP contribution is 2.37. The van der Waals surface area contributed by atoms with E-state index in [1.807, 2.05) is 22.6 Å². The highest BCUT2D eigenvalue weighted by molar-refractivity contribution is 14.1. The van der Waals surface area contributed by atoms with Crippen LogP contribution < -0.4 is 9.47 Å². The molecule has 5 nitrogen and oxygen atoms in total. The molecule has 0 aliphatic heterocycles. The van der Waals surface area contributed by atoms with Gasteiger partial charge in [0.05, 0.1) is 23.4 Å². The van der Waals surface area contributed by atoms with Crippen LogP contribution in [0.1, 0.15) is 11.7 Å². The standard InChI is InChI=1S/C10H11IO5/c1-15-6-4-3-5(11)9(16-2)7(6)8(12)10(13)14/h3-4,8,12H,1-2H3,(H,13,14). The number of carboxylic acids is 1. The number of aliphatic carboxylic acids is 1. The van der Waals surface area contributed by atoms with Gasteiger partial charge in [-0.25, -0.2) is 4.79 Å². The highest BCUT2D eigenvalue weighted by atomic mass is 127. The maximum absolute atomic E-state index is 10.8. The second-order valence-electron chi connectivity index (χ2n) is 2.94. The Morgan fingerprint density at radius 2 is 2.00 bits per heavy atom. The van der Waals surface area contributed by atoms with Gasteiger partial charge in [0, 0.05) is 0 Å². The SMILES string of the molecule is COc1ccc(I)c(OC)c1C(O)C(=O)O. The van der Waals surface area contributed by atoms with E-state index in [1.165, 1.54) is 14.2 Å². The van der Waals surface area contributed by atoms with Crippen molar-refractivity contribution in [2.45, 2.75) is 6.10 Å². The Bertz CT molecular complexity index is 404. The fourth-order valence-corrected chi connectivity index (χ4v) is 2.01. The lowest BCUT2D eigenvalue weighted by Crippen LogP contribution is -2.13. The number of carboxylic acid groups (broad SMARTS) is 1. The maximum atomic E-state index is 10.8. The molecule has 0 amide bonds. The van der Waals surface area contributed by atoms with Crippen molar-refractivity contribution in [2.75, 3.05) is 14.2 Å². The quantitative estimate of drug-likeness (QED) is 0.813. The largest absolute Gasteiger partial charge is 0.496 e. The van der Waals surface area contributed by atoms with Crippen LogP contribution in [0.4, 0.5) is 0 Å². The number of rotatable bonds is 4. The van der Waals surface area contributed by atoms with Gasteiger partial charge in [0.25, 0.3) is 0 Å². The van der Waals surface area contributed by atoms with Crippen molar-refractivity contribution < 1.29 is 24.5 Å². The lowest BCUT2D eigenvalue weighted by atomic mass is 10.1. The summed E-state index contributed by atoms with van der Waals surface area (Å²) in [5.41, 5.74) is 0.129. The van der Waals surface area contributed by atoms with E-state index in [-0.39, 0.29) is 11.3 Å². The predicted molar refractivity (Wildman–Crippen MR) is 64.9 cm³/mol. The van der Waals surface area contributed by atoms with E-state index < -0.39 is 12.1 Å². The van der Waals surface area contributed by atoms with E-state index >= 15 is 0 Å². The van der Waals surface area contributed by atoms with Crippen molar-refractivity contribution in [3.05, 3.63) is 21.3 Å². The third kappa shape index (κ3) is 2.38. The van der Waals surface area contributed by atoms with Gasteiger partial charge in [0.2, 0.25) is 0 Å². The molecule has 16 heavy (non-hydrogen) atoms. The lowest BCUT2D eigenvalue weighted by molar-refractivity contribution is -0.147. The topological polar surface area (TPSA) is 76.0 Å². The van der Waals surface area contributed by atoms with Crippen molar-refractivity contribution in [1.29, 1.82) is 0 Å². The number of aliphatic hydroxyl groups is 1. The number of aliphatic hydroxyl groups excluding tert-OH is 1. The van der Waals surface area contributed by atoms with Crippen LogP contribution in [0.3, 0.4) is 0 Å². The Labute approximate surface area is 106 Å². The van der Waals surface area contributed by atoms with Crippen LogP contribution in [0.5, 0.6) is 11.5 Å². The van der Waals surface area contributed by atoms with Crippen molar-refractivity contribution in [3.63, 3.8) is 0 Å². The third-order valence-corrected chi connectivity index (χ3v) is 2.89. The first-order valence-electron chi connectivity index (χ1n) is 4.34. The molecule has 0 saturated carbocycles. The summed E-state index contributed by atoms with van der Waals surface area (Å²) in [6, 6.07) is 3.31. The molecule has 1 aromatic carbocycles. The van der Waals surface area contributed by atoms with Gasteiger partial charge in [0.15, 0.2) is 6.10 Å². The van der Waals surface area contributed by atoms with Gasteiger partial charge in [-0.05, 0) is 34.7 Å². The highest BCUT2D eigenvalue weighted by Gasteiger charge is 2.26. The van der Waals surface area contributed by atoms with Gasteiger partial charge in [0.1, 0.15) is 11.5 Å². The molecular weight excluding hydrogens is 327 g/mol. The van der Waals surface area contributed by atoms with Crippen LogP contribution in [0, 0.1) is 3.57 Å². The first kappa shape index (κ1) is 13.0. The Hall–Kier alpha value is -1.02. The number of carbonyl (C=O) groups is 1. The van der Waals surface area contributed by atoms with Crippen molar-refractivity contribution in [2.24, 2.45) is 0 Å². The second-order valence-corrected chi connectivity index (χ2v) is 4.10. The molecular formula is C10H11IO5. The summed E-state index contributed by atoms with van der Waals surface area (Å²) in [6.45, 7) is 0. The van der Waals surface area contributed by atoms with Crippen LogP contribution in [0.15, 0.2) is 12.1 Å². The van der Waals surface area contributed by atoms with Crippen LogP contribution in [-0.4, -0.2) is 30.4 Å². The zero-order valence-corrected chi connectivity index (χ0v) is 10.9. The molecule has 0 bridgehead atoms. The fourth-order valence-electron chi connectivity index (χ4n) is 1.32. The summed E-state index contributed by atoms with van der Waals surface area (Å²) < 4.78 is 10.8. The molecule has 1 aromatic rings. The average molecular weight is 338 g/mol. The fraction of sp³-hybridized carbons (Fsp3) is 0.300. The zero-order valence-electron chi connectivity index (χ0n) is 8.73. The van der Waals surface area contributed by atoms with E-state index in [9.17, 15) is 9.90 Å². The number of hydrogen-bond donors (Lipinski definition) is 2. The zero-order chi connectivity index (χ0) is 12.3. The first-order valence-corrected chi connectivity index (χ1v) is 5.42. The molecule has 0 radical (unpaired) electrons. The van der Waals surface area contributed by atoms with Gasteiger partial charge < -0.3 is 19.7 Å². The Balaban J connectivity index is 3.41. The molecule has 0 heterocycles. The van der Waals surface area contributed by atoms with Gasteiger partial charge in [-0.2, -0.15) is 0 Å². The Kier molecular flexibility index (Phi) is 4.36. The van der Waals surface area contributed by atoms with Gasteiger partial charge in [-0.15, -0.1) is 0 Å². The molecule has 2 N–H and O–H groups in total. The molecule has 1 rings (SSSR count). The van der Waals surface area contributed by atoms with E-state index in [0.717, 1.165) is 0 Å². The summed E-state index contributed by atoms with van der Waals surface area (Å²) in [5, 5.41) is 18.4. The van der Waals surface area contributed by atoms with Crippen molar-refractivity contribution in [3.8, 4) is 11.5 Å². The predicted octanol–water partition coefficient (Wildman–Crippen LogP) is 1.43. The third-order valence-electron chi connectivity index (χ3n) is 2.04. The van der Waals surface area contributed by atoms with Crippen LogP contribution in [0.2, 0.25) is 0 Å². The molecule has 0 aliphatic rings. The van der Waals surface area contributed by atoms with E-state index in [4.69, 9.17) is 14.6 Å². The molecule has 0 fully saturated rings. The molecule has 0 spiro atoms. The molecule has 1 atom stereocenters. The normalized spacial score (nSPS) is 12.0. The minimum Gasteiger partial charge on any atom is -0.496 e. The van der Waals surface area contributed by atoms with E-state index in [2.05, 4.69) is 0 Å². The van der Waals surface area contributed by atoms with Crippen LogP contribution in [-0.2, 0) is 4.79 Å². The van der Waals surface area contributed by atoms with E-state index in [0.29, 0.717) is 9.32 Å². The summed E-state index contributed by atoms with van der Waals surface area (Å²) in [6.07, 6.45) is -1.67. The molecule has 1 unspecified atom stereocenters. The van der Waals surface area contributed by atoms with Crippen LogP contribution in [0.25, 0.3) is 0 Å². The molecule has 6 heteroatoms. The van der Waals surface area contributed by atoms with Crippen LogP contribution >= 0.6 is 22.6 Å². The Morgan fingerprint density at radius 1 is 1.38 bits per heavy atom. The number of methoxy groups -OCH3 is 2. The first-order chi connectivity index (χ1) is 7.52. The molecule has 0 aliphatic carbocycles. The maximum Gasteiger partial charge on any atom is 0.337 e. The average Bonchev–Trinajstić information content (AvgIpc) is 2.27. The monoisotopic (exact) mass is 338 g/mol. The van der Waals surface area contributed by atoms with Gasteiger partial charge >= 0.3 is 5.97 Å². The summed E-state index contributed by atoms with van der Waals surface area (Å²) in [4.78, 5) is 10.8. The van der Waals surface area contributed by atoms with Crippen molar-refractivity contribution >= 4 is 28.6 Å². The molecule has 0 saturated heterocycles. The smallest absolute Gasteiger partial charge is 0.337 e. The van der Waals surface area contributed by atoms with Gasteiger partial charge in [-0.3, -0.25) is 0 Å². The van der Waals surface area contributed by atoms with Crippen molar-refractivity contribution in [1.82, 2.24) is 0 Å². The molecule has 0 aromatic heterocycles. The number of benzene rings is 1.